The Morgan fingerprint density at radius 2 is 1.81 bits per heavy atom. The van der Waals surface area contributed by atoms with Crippen molar-refractivity contribution in [3.63, 3.8) is 0 Å². The smallest absolute Gasteiger partial charge is 0.410 e. The van der Waals surface area contributed by atoms with Crippen molar-refractivity contribution in [2.45, 2.75) is 32.8 Å². The summed E-state index contributed by atoms with van der Waals surface area (Å²) in [5, 5.41) is 3.42. The largest absolute Gasteiger partial charge is 0.444 e. The van der Waals surface area contributed by atoms with E-state index >= 15 is 0 Å². The molecule has 2 saturated heterocycles. The van der Waals surface area contributed by atoms with Crippen LogP contribution in [-0.4, -0.2) is 42.8 Å². The third kappa shape index (κ3) is 2.88. The van der Waals surface area contributed by atoms with Gasteiger partial charge in [-0.05, 0) is 52.1 Å². The first-order valence-corrected chi connectivity index (χ1v) is 6.13. The van der Waals surface area contributed by atoms with E-state index < -0.39 is 0 Å². The van der Waals surface area contributed by atoms with Gasteiger partial charge in [-0.3, -0.25) is 0 Å². The summed E-state index contributed by atoms with van der Waals surface area (Å²) >= 11 is 0. The SMILES string of the molecule is CC(C)(C)OC(=O)N1C[C@@H]2CNC[C@@H](C2)C1. The molecule has 1 N–H and O–H groups in total. The highest BCUT2D eigenvalue weighted by molar-refractivity contribution is 5.68. The molecule has 0 radical (unpaired) electrons. The maximum Gasteiger partial charge on any atom is 0.410 e. The number of likely N-dealkylation sites (tertiary alicyclic amines) is 1. The lowest BCUT2D eigenvalue weighted by molar-refractivity contribution is 0.00578. The molecular formula is C12H22N2O2. The van der Waals surface area contributed by atoms with Crippen LogP contribution < -0.4 is 5.32 Å². The number of rotatable bonds is 0. The van der Waals surface area contributed by atoms with Crippen LogP contribution in [0.15, 0.2) is 0 Å². The van der Waals surface area contributed by atoms with Gasteiger partial charge in [-0.25, -0.2) is 4.79 Å². The van der Waals surface area contributed by atoms with Gasteiger partial charge in [-0.2, -0.15) is 0 Å². The minimum absolute atomic E-state index is 0.149. The van der Waals surface area contributed by atoms with Crippen LogP contribution >= 0.6 is 0 Å². The highest BCUT2D eigenvalue weighted by Gasteiger charge is 2.34. The van der Waals surface area contributed by atoms with E-state index in [9.17, 15) is 4.79 Å². The van der Waals surface area contributed by atoms with E-state index in [-0.39, 0.29) is 11.7 Å². The molecule has 2 atom stereocenters. The van der Waals surface area contributed by atoms with Gasteiger partial charge in [-0.15, -0.1) is 0 Å². The highest BCUT2D eigenvalue weighted by Crippen LogP contribution is 2.25. The summed E-state index contributed by atoms with van der Waals surface area (Å²) in [5.41, 5.74) is -0.387. The summed E-state index contributed by atoms with van der Waals surface area (Å²) in [6.07, 6.45) is 1.11. The summed E-state index contributed by atoms with van der Waals surface area (Å²) in [5.74, 6) is 1.22. The number of hydrogen-bond acceptors (Lipinski definition) is 3. The molecule has 4 nitrogen and oxygen atoms in total. The van der Waals surface area contributed by atoms with Gasteiger partial charge in [0.2, 0.25) is 0 Å². The number of fused-ring (bicyclic) bond motifs is 2. The third-order valence-corrected chi connectivity index (χ3v) is 3.14. The molecule has 2 heterocycles. The zero-order valence-corrected chi connectivity index (χ0v) is 10.5. The molecule has 0 spiro atoms. The van der Waals surface area contributed by atoms with Crippen LogP contribution in [-0.2, 0) is 4.74 Å². The lowest BCUT2D eigenvalue weighted by Crippen LogP contribution is -2.53. The lowest BCUT2D eigenvalue weighted by atomic mass is 9.86. The Balaban J connectivity index is 1.92. The van der Waals surface area contributed by atoms with Gasteiger partial charge in [0.25, 0.3) is 0 Å². The molecule has 4 heteroatoms. The lowest BCUT2D eigenvalue weighted by Gasteiger charge is -2.41. The quantitative estimate of drug-likeness (QED) is 0.680. The topological polar surface area (TPSA) is 41.6 Å². The molecule has 0 aromatic carbocycles. The average Bonchev–Trinajstić information content (AvgIpc) is 2.14. The van der Waals surface area contributed by atoms with Crippen molar-refractivity contribution in [2.24, 2.45) is 11.8 Å². The first-order valence-electron chi connectivity index (χ1n) is 6.13. The van der Waals surface area contributed by atoms with Gasteiger partial charge in [0.05, 0.1) is 0 Å². The molecule has 2 fully saturated rings. The Bertz CT molecular complexity index is 261. The van der Waals surface area contributed by atoms with Gasteiger partial charge in [-0.1, -0.05) is 0 Å². The van der Waals surface area contributed by atoms with Crippen molar-refractivity contribution in [3.8, 4) is 0 Å². The van der Waals surface area contributed by atoms with E-state index in [2.05, 4.69) is 5.32 Å². The number of amides is 1. The maximum atomic E-state index is 11.9. The molecule has 0 aliphatic carbocycles. The predicted molar refractivity (Wildman–Crippen MR) is 62.3 cm³/mol. The molecule has 0 aromatic heterocycles. The van der Waals surface area contributed by atoms with Crippen molar-refractivity contribution in [2.75, 3.05) is 26.2 Å². The number of carbonyl (C=O) groups is 1. The van der Waals surface area contributed by atoms with Crippen LogP contribution in [0, 0.1) is 11.8 Å². The molecule has 0 saturated carbocycles. The average molecular weight is 226 g/mol. The maximum absolute atomic E-state index is 11.9. The number of piperidine rings is 2. The highest BCUT2D eigenvalue weighted by atomic mass is 16.6. The summed E-state index contributed by atoms with van der Waals surface area (Å²) in [6.45, 7) is 9.51. The van der Waals surface area contributed by atoms with Crippen LogP contribution in [0.25, 0.3) is 0 Å². The van der Waals surface area contributed by atoms with Crippen LogP contribution in [0.5, 0.6) is 0 Å². The standard InChI is InChI=1S/C12H22N2O2/c1-12(2,3)16-11(15)14-7-9-4-10(8-14)6-13-5-9/h9-10,13H,4-8H2,1-3H3/t9-,10+. The van der Waals surface area contributed by atoms with E-state index in [1.165, 1.54) is 6.42 Å². The Morgan fingerprint density at radius 3 is 2.31 bits per heavy atom. The fourth-order valence-corrected chi connectivity index (χ4v) is 2.58. The molecular weight excluding hydrogens is 204 g/mol. The predicted octanol–water partition coefficient (Wildman–Crippen LogP) is 1.46. The van der Waals surface area contributed by atoms with Crippen LogP contribution in [0.1, 0.15) is 27.2 Å². The zero-order chi connectivity index (χ0) is 11.8. The van der Waals surface area contributed by atoms with Crippen molar-refractivity contribution in [3.05, 3.63) is 0 Å². The molecule has 2 rings (SSSR count). The summed E-state index contributed by atoms with van der Waals surface area (Å²) < 4.78 is 5.41. The fraction of sp³-hybridized carbons (Fsp3) is 0.917. The second kappa shape index (κ2) is 4.24. The van der Waals surface area contributed by atoms with Crippen LogP contribution in [0.3, 0.4) is 0 Å². The van der Waals surface area contributed by atoms with E-state index in [4.69, 9.17) is 4.74 Å². The van der Waals surface area contributed by atoms with Crippen molar-refractivity contribution >= 4 is 6.09 Å². The second-order valence-corrected chi connectivity index (χ2v) is 6.01. The summed E-state index contributed by atoms with van der Waals surface area (Å²) in [4.78, 5) is 13.8. The monoisotopic (exact) mass is 226 g/mol. The fourth-order valence-electron chi connectivity index (χ4n) is 2.58. The van der Waals surface area contributed by atoms with Crippen LogP contribution in [0.2, 0.25) is 0 Å². The van der Waals surface area contributed by atoms with E-state index in [1.54, 1.807) is 0 Å². The Kier molecular flexibility index (Phi) is 3.10. The number of ether oxygens (including phenoxy) is 1. The second-order valence-electron chi connectivity index (χ2n) is 6.01. The molecule has 0 aromatic rings. The summed E-state index contributed by atoms with van der Waals surface area (Å²) in [7, 11) is 0. The normalized spacial score (nSPS) is 30.1. The molecule has 2 aliphatic heterocycles. The van der Waals surface area contributed by atoms with Crippen molar-refractivity contribution < 1.29 is 9.53 Å². The van der Waals surface area contributed by atoms with Crippen LogP contribution in [0.4, 0.5) is 4.79 Å². The number of hydrogen-bond donors (Lipinski definition) is 1. The molecule has 2 aliphatic rings. The summed E-state index contributed by atoms with van der Waals surface area (Å²) in [6, 6.07) is 0. The Labute approximate surface area is 97.3 Å². The minimum Gasteiger partial charge on any atom is -0.444 e. The molecule has 16 heavy (non-hydrogen) atoms. The van der Waals surface area contributed by atoms with Gasteiger partial charge in [0.1, 0.15) is 5.60 Å². The molecule has 1 amide bonds. The van der Waals surface area contributed by atoms with E-state index in [1.807, 2.05) is 25.7 Å². The van der Waals surface area contributed by atoms with Gasteiger partial charge >= 0.3 is 6.09 Å². The van der Waals surface area contributed by atoms with Crippen molar-refractivity contribution in [1.29, 1.82) is 0 Å². The molecule has 0 unspecified atom stereocenters. The Morgan fingerprint density at radius 1 is 1.25 bits per heavy atom. The number of nitrogens with zero attached hydrogens (tertiary/aromatic N) is 1. The Hall–Kier alpha value is -0.770. The third-order valence-electron chi connectivity index (χ3n) is 3.14. The van der Waals surface area contributed by atoms with Gasteiger partial charge in [0, 0.05) is 13.1 Å². The van der Waals surface area contributed by atoms with Gasteiger partial charge < -0.3 is 15.0 Å². The minimum atomic E-state index is -0.387. The van der Waals surface area contributed by atoms with Gasteiger partial charge in [0.15, 0.2) is 0 Å². The zero-order valence-electron chi connectivity index (χ0n) is 10.5. The number of carbonyl (C=O) groups excluding carboxylic acids is 1. The first-order chi connectivity index (χ1) is 7.44. The van der Waals surface area contributed by atoms with Crippen molar-refractivity contribution in [1.82, 2.24) is 10.2 Å². The first kappa shape index (κ1) is 11.7. The van der Waals surface area contributed by atoms with E-state index in [0.29, 0.717) is 11.8 Å². The molecule has 2 bridgehead atoms. The molecule has 92 valence electrons. The van der Waals surface area contributed by atoms with E-state index in [0.717, 1.165) is 26.2 Å². The number of nitrogens with one attached hydrogen (secondary N) is 1.